The minimum atomic E-state index is -0.273. The predicted octanol–water partition coefficient (Wildman–Crippen LogP) is 1.66. The SMILES string of the molecule is Cc1nc2c(nnn2Cc2cccc(OC(C)C)c2)c(=O)[nH]1. The second-order valence-corrected chi connectivity index (χ2v) is 5.38. The standard InChI is InChI=1S/C15H17N5O2/c1-9(2)22-12-6-4-5-11(7-12)8-20-14-13(18-19-20)15(21)17-10(3)16-14/h4-7,9H,8H2,1-3H3,(H,16,17,21). The third-order valence-electron chi connectivity index (χ3n) is 3.09. The Labute approximate surface area is 127 Å². The Hall–Kier alpha value is -2.70. The topological polar surface area (TPSA) is 85.7 Å². The van der Waals surface area contributed by atoms with Gasteiger partial charge in [0.2, 0.25) is 0 Å². The molecule has 0 atom stereocenters. The highest BCUT2D eigenvalue weighted by Gasteiger charge is 2.11. The molecular weight excluding hydrogens is 282 g/mol. The summed E-state index contributed by atoms with van der Waals surface area (Å²) in [5.41, 5.74) is 1.46. The number of hydrogen-bond acceptors (Lipinski definition) is 5. The summed E-state index contributed by atoms with van der Waals surface area (Å²) in [4.78, 5) is 18.7. The minimum absolute atomic E-state index is 0.116. The van der Waals surface area contributed by atoms with E-state index in [0.717, 1.165) is 11.3 Å². The van der Waals surface area contributed by atoms with Gasteiger partial charge in [-0.05, 0) is 38.5 Å². The molecule has 0 aliphatic rings. The molecule has 0 aliphatic heterocycles. The van der Waals surface area contributed by atoms with Crippen LogP contribution in [0, 0.1) is 6.92 Å². The van der Waals surface area contributed by atoms with Crippen LogP contribution in [0.25, 0.3) is 11.2 Å². The lowest BCUT2D eigenvalue weighted by Crippen LogP contribution is -2.11. The molecule has 3 rings (SSSR count). The van der Waals surface area contributed by atoms with Gasteiger partial charge in [-0.15, -0.1) is 5.10 Å². The summed E-state index contributed by atoms with van der Waals surface area (Å²) >= 11 is 0. The second-order valence-electron chi connectivity index (χ2n) is 5.38. The van der Waals surface area contributed by atoms with Crippen molar-refractivity contribution in [3.05, 3.63) is 46.0 Å². The van der Waals surface area contributed by atoms with Crippen molar-refractivity contribution >= 4 is 11.2 Å². The van der Waals surface area contributed by atoms with Gasteiger partial charge in [-0.2, -0.15) is 0 Å². The zero-order valence-electron chi connectivity index (χ0n) is 12.7. The number of hydrogen-bond donors (Lipinski definition) is 1. The molecule has 0 amide bonds. The van der Waals surface area contributed by atoms with Gasteiger partial charge in [0.1, 0.15) is 11.6 Å². The number of aryl methyl sites for hydroxylation is 1. The zero-order valence-corrected chi connectivity index (χ0v) is 12.7. The number of nitrogens with one attached hydrogen (secondary N) is 1. The third-order valence-corrected chi connectivity index (χ3v) is 3.09. The number of fused-ring (bicyclic) bond motifs is 1. The van der Waals surface area contributed by atoms with Gasteiger partial charge >= 0.3 is 0 Å². The first-order valence-electron chi connectivity index (χ1n) is 7.08. The fraction of sp³-hybridized carbons (Fsp3) is 0.333. The molecule has 114 valence electrons. The number of rotatable bonds is 4. The summed E-state index contributed by atoms with van der Waals surface area (Å²) < 4.78 is 7.30. The molecule has 0 spiro atoms. The van der Waals surface area contributed by atoms with E-state index < -0.39 is 0 Å². The Morgan fingerprint density at radius 1 is 1.36 bits per heavy atom. The molecule has 22 heavy (non-hydrogen) atoms. The number of aromatic amines is 1. The van der Waals surface area contributed by atoms with E-state index in [1.807, 2.05) is 38.1 Å². The number of nitrogens with zero attached hydrogens (tertiary/aromatic N) is 4. The summed E-state index contributed by atoms with van der Waals surface area (Å²) in [6.07, 6.45) is 0.116. The molecule has 0 radical (unpaired) electrons. The quantitative estimate of drug-likeness (QED) is 0.792. The van der Waals surface area contributed by atoms with E-state index in [9.17, 15) is 4.79 Å². The van der Waals surface area contributed by atoms with Crippen molar-refractivity contribution in [1.82, 2.24) is 25.0 Å². The van der Waals surface area contributed by atoms with Gasteiger partial charge in [0.15, 0.2) is 11.2 Å². The van der Waals surface area contributed by atoms with Crippen LogP contribution in [0.5, 0.6) is 5.75 Å². The largest absolute Gasteiger partial charge is 0.491 e. The van der Waals surface area contributed by atoms with Crippen molar-refractivity contribution in [3.8, 4) is 5.75 Å². The van der Waals surface area contributed by atoms with Crippen LogP contribution in [0.15, 0.2) is 29.1 Å². The molecule has 0 unspecified atom stereocenters. The first-order valence-corrected chi connectivity index (χ1v) is 7.08. The van der Waals surface area contributed by atoms with Crippen LogP contribution in [-0.4, -0.2) is 31.1 Å². The van der Waals surface area contributed by atoms with Crippen molar-refractivity contribution < 1.29 is 4.74 Å². The van der Waals surface area contributed by atoms with Crippen molar-refractivity contribution in [3.63, 3.8) is 0 Å². The van der Waals surface area contributed by atoms with E-state index in [2.05, 4.69) is 20.3 Å². The summed E-state index contributed by atoms with van der Waals surface area (Å²) in [7, 11) is 0. The van der Waals surface area contributed by atoms with Gasteiger partial charge in [0.05, 0.1) is 12.6 Å². The van der Waals surface area contributed by atoms with Crippen LogP contribution in [0.4, 0.5) is 0 Å². The number of ether oxygens (including phenoxy) is 1. The highest BCUT2D eigenvalue weighted by molar-refractivity contribution is 5.68. The van der Waals surface area contributed by atoms with Crippen LogP contribution < -0.4 is 10.3 Å². The Morgan fingerprint density at radius 3 is 2.95 bits per heavy atom. The van der Waals surface area contributed by atoms with E-state index in [1.54, 1.807) is 11.6 Å². The highest BCUT2D eigenvalue weighted by atomic mass is 16.5. The summed E-state index contributed by atoms with van der Waals surface area (Å²) in [5.74, 6) is 1.34. The van der Waals surface area contributed by atoms with E-state index in [-0.39, 0.29) is 17.2 Å². The summed E-state index contributed by atoms with van der Waals surface area (Å²) in [6, 6.07) is 7.77. The molecular formula is C15H17N5O2. The molecule has 1 N–H and O–H groups in total. The third kappa shape index (κ3) is 2.83. The molecule has 0 aliphatic carbocycles. The lowest BCUT2D eigenvalue weighted by atomic mass is 10.2. The summed E-state index contributed by atoms with van der Waals surface area (Å²) in [5, 5.41) is 7.93. The Balaban J connectivity index is 1.95. The zero-order chi connectivity index (χ0) is 15.7. The Morgan fingerprint density at radius 2 is 2.18 bits per heavy atom. The monoisotopic (exact) mass is 299 g/mol. The van der Waals surface area contributed by atoms with Crippen LogP contribution in [0.2, 0.25) is 0 Å². The molecule has 2 heterocycles. The molecule has 7 nitrogen and oxygen atoms in total. The van der Waals surface area contributed by atoms with Gasteiger partial charge in [-0.3, -0.25) is 4.79 Å². The van der Waals surface area contributed by atoms with Crippen molar-refractivity contribution in [2.75, 3.05) is 0 Å². The normalized spacial score (nSPS) is 11.3. The fourth-order valence-corrected chi connectivity index (χ4v) is 2.24. The van der Waals surface area contributed by atoms with E-state index >= 15 is 0 Å². The van der Waals surface area contributed by atoms with Crippen LogP contribution in [0.1, 0.15) is 25.2 Å². The number of benzene rings is 1. The first kappa shape index (κ1) is 14.2. The van der Waals surface area contributed by atoms with Gasteiger partial charge < -0.3 is 9.72 Å². The number of aromatic nitrogens is 5. The molecule has 3 aromatic rings. The van der Waals surface area contributed by atoms with Crippen molar-refractivity contribution in [2.45, 2.75) is 33.4 Å². The molecule has 0 saturated heterocycles. The van der Waals surface area contributed by atoms with Gasteiger partial charge in [-0.1, -0.05) is 17.3 Å². The first-order chi connectivity index (χ1) is 10.5. The van der Waals surface area contributed by atoms with Crippen LogP contribution in [-0.2, 0) is 6.54 Å². The Kier molecular flexibility index (Phi) is 3.62. The highest BCUT2D eigenvalue weighted by Crippen LogP contribution is 2.16. The van der Waals surface area contributed by atoms with Gasteiger partial charge in [0, 0.05) is 0 Å². The van der Waals surface area contributed by atoms with Crippen LogP contribution >= 0.6 is 0 Å². The van der Waals surface area contributed by atoms with Crippen molar-refractivity contribution in [1.29, 1.82) is 0 Å². The Bertz CT molecular complexity index is 866. The van der Waals surface area contributed by atoms with Gasteiger partial charge in [-0.25, -0.2) is 9.67 Å². The molecule has 0 fully saturated rings. The second kappa shape index (κ2) is 5.59. The predicted molar refractivity (Wildman–Crippen MR) is 82.0 cm³/mol. The molecule has 7 heteroatoms. The molecule has 0 bridgehead atoms. The fourth-order valence-electron chi connectivity index (χ4n) is 2.24. The molecule has 1 aromatic carbocycles. The molecule has 2 aromatic heterocycles. The van der Waals surface area contributed by atoms with Gasteiger partial charge in [0.25, 0.3) is 5.56 Å². The average Bonchev–Trinajstić information content (AvgIpc) is 2.82. The van der Waals surface area contributed by atoms with E-state index in [4.69, 9.17) is 4.74 Å². The molecule has 0 saturated carbocycles. The lowest BCUT2D eigenvalue weighted by molar-refractivity contribution is 0.242. The smallest absolute Gasteiger partial charge is 0.281 e. The number of H-pyrrole nitrogens is 1. The maximum absolute atomic E-state index is 11.8. The van der Waals surface area contributed by atoms with Crippen LogP contribution in [0.3, 0.4) is 0 Å². The lowest BCUT2D eigenvalue weighted by Gasteiger charge is -2.11. The van der Waals surface area contributed by atoms with Crippen molar-refractivity contribution in [2.24, 2.45) is 0 Å². The van der Waals surface area contributed by atoms with E-state index in [0.29, 0.717) is 18.0 Å². The summed E-state index contributed by atoms with van der Waals surface area (Å²) in [6.45, 7) is 6.17. The average molecular weight is 299 g/mol. The van der Waals surface area contributed by atoms with E-state index in [1.165, 1.54) is 0 Å². The maximum Gasteiger partial charge on any atom is 0.281 e. The minimum Gasteiger partial charge on any atom is -0.491 e. The maximum atomic E-state index is 11.8.